The van der Waals surface area contributed by atoms with E-state index in [1.807, 2.05) is 18.2 Å². The summed E-state index contributed by atoms with van der Waals surface area (Å²) in [6, 6.07) is 5.02. The summed E-state index contributed by atoms with van der Waals surface area (Å²) in [6.07, 6.45) is 7.87. The number of nitrogens with two attached hydrogens (primary N) is 3. The topological polar surface area (TPSA) is 157 Å². The van der Waals surface area contributed by atoms with Crippen LogP contribution in [0.25, 0.3) is 0 Å². The lowest BCUT2D eigenvalue weighted by Crippen LogP contribution is -2.41. The SMILES string of the molecule is CCc1cc(OCCCC(=O)[C@@H](N)CCCCNC(=O)[C@@H](N)CCCCCC(=N)N)ccc1CS.S.S. The van der Waals surface area contributed by atoms with Gasteiger partial charge >= 0.3 is 0 Å². The van der Waals surface area contributed by atoms with E-state index >= 15 is 0 Å². The average molecular weight is 576 g/mol. The van der Waals surface area contributed by atoms with Crippen molar-refractivity contribution in [1.82, 2.24) is 5.32 Å². The molecule has 11 heteroatoms. The number of ether oxygens (including phenoxy) is 1. The lowest BCUT2D eigenvalue weighted by Gasteiger charge is -2.13. The zero-order valence-electron chi connectivity index (χ0n) is 22.2. The van der Waals surface area contributed by atoms with Gasteiger partial charge in [-0.2, -0.15) is 39.6 Å². The Bertz CT molecular complexity index is 799. The van der Waals surface area contributed by atoms with Crippen molar-refractivity contribution < 1.29 is 14.3 Å². The zero-order chi connectivity index (χ0) is 26.1. The lowest BCUT2D eigenvalue weighted by atomic mass is 10.0. The number of amides is 1. The van der Waals surface area contributed by atoms with Gasteiger partial charge in [0.05, 0.1) is 24.5 Å². The predicted octanol–water partition coefficient (Wildman–Crippen LogP) is 3.46. The van der Waals surface area contributed by atoms with E-state index in [1.54, 1.807) is 0 Å². The molecule has 0 spiro atoms. The molecule has 8 nitrogen and oxygen atoms in total. The molecule has 0 saturated heterocycles. The highest BCUT2D eigenvalue weighted by Gasteiger charge is 2.14. The summed E-state index contributed by atoms with van der Waals surface area (Å²) >= 11 is 4.35. The highest BCUT2D eigenvalue weighted by molar-refractivity contribution is 7.79. The molecule has 0 fully saturated rings. The Morgan fingerprint density at radius 2 is 1.65 bits per heavy atom. The maximum absolute atomic E-state index is 12.3. The number of hydrogen-bond acceptors (Lipinski definition) is 7. The molecule has 0 radical (unpaired) electrons. The van der Waals surface area contributed by atoms with E-state index in [4.69, 9.17) is 27.3 Å². The Labute approximate surface area is 242 Å². The average Bonchev–Trinajstić information content (AvgIpc) is 2.85. The van der Waals surface area contributed by atoms with E-state index in [1.165, 1.54) is 11.1 Å². The first kappa shape index (κ1) is 37.8. The summed E-state index contributed by atoms with van der Waals surface area (Å²) < 4.78 is 5.80. The number of amidine groups is 1. The molecule has 0 aliphatic rings. The van der Waals surface area contributed by atoms with Crippen LogP contribution in [0.2, 0.25) is 0 Å². The van der Waals surface area contributed by atoms with Crippen molar-refractivity contribution in [2.75, 3.05) is 13.2 Å². The fraction of sp³-hybridized carbons (Fsp3) is 0.654. The first-order valence-corrected chi connectivity index (χ1v) is 13.4. The van der Waals surface area contributed by atoms with Crippen LogP contribution in [0.3, 0.4) is 0 Å². The maximum Gasteiger partial charge on any atom is 0.236 e. The van der Waals surface area contributed by atoms with Crippen LogP contribution in [0.1, 0.15) is 82.3 Å². The van der Waals surface area contributed by atoms with Gasteiger partial charge in [-0.25, -0.2) is 0 Å². The minimum atomic E-state index is -0.520. The molecule has 214 valence electrons. The molecule has 0 bridgehead atoms. The molecule has 0 unspecified atom stereocenters. The number of ketones is 1. The van der Waals surface area contributed by atoms with Crippen LogP contribution >= 0.6 is 39.6 Å². The van der Waals surface area contributed by atoms with Crippen molar-refractivity contribution in [2.45, 2.75) is 95.4 Å². The van der Waals surface area contributed by atoms with Gasteiger partial charge in [0.2, 0.25) is 5.91 Å². The summed E-state index contributed by atoms with van der Waals surface area (Å²) in [5, 5.41) is 10.0. The number of hydrogen-bond donors (Lipinski definition) is 6. The summed E-state index contributed by atoms with van der Waals surface area (Å²) in [5.74, 6) is 1.62. The van der Waals surface area contributed by atoms with Crippen LogP contribution in [-0.2, 0) is 21.8 Å². The molecule has 8 N–H and O–H groups in total. The van der Waals surface area contributed by atoms with Crippen LogP contribution in [0.15, 0.2) is 18.2 Å². The number of Topliss-reactive ketones (excluding diaryl/α,β-unsaturated/α-hetero) is 1. The van der Waals surface area contributed by atoms with Gasteiger partial charge in [-0.3, -0.25) is 15.0 Å². The van der Waals surface area contributed by atoms with E-state index < -0.39 is 12.1 Å². The van der Waals surface area contributed by atoms with Crippen LogP contribution in [0.5, 0.6) is 5.75 Å². The van der Waals surface area contributed by atoms with Crippen LogP contribution in [0.4, 0.5) is 0 Å². The van der Waals surface area contributed by atoms with Gasteiger partial charge in [0.1, 0.15) is 11.5 Å². The molecular weight excluding hydrogens is 527 g/mol. The Morgan fingerprint density at radius 3 is 2.30 bits per heavy atom. The maximum atomic E-state index is 12.3. The molecule has 37 heavy (non-hydrogen) atoms. The van der Waals surface area contributed by atoms with Crippen molar-refractivity contribution in [3.05, 3.63) is 29.3 Å². The van der Waals surface area contributed by atoms with Gasteiger partial charge < -0.3 is 27.3 Å². The minimum Gasteiger partial charge on any atom is -0.494 e. The summed E-state index contributed by atoms with van der Waals surface area (Å²) in [4.78, 5) is 24.3. The number of benzene rings is 1. The Balaban J connectivity index is 0. The fourth-order valence-corrected chi connectivity index (χ4v) is 4.09. The van der Waals surface area contributed by atoms with E-state index in [2.05, 4.69) is 24.9 Å². The number of carbonyl (C=O) groups excluding carboxylic acids is 2. The van der Waals surface area contributed by atoms with Gasteiger partial charge in [0.15, 0.2) is 0 Å². The number of aryl methyl sites for hydroxylation is 1. The third-order valence-electron chi connectivity index (χ3n) is 6.02. The molecule has 0 saturated carbocycles. The molecule has 0 aliphatic heterocycles. The van der Waals surface area contributed by atoms with Crippen molar-refractivity contribution in [2.24, 2.45) is 17.2 Å². The quantitative estimate of drug-likeness (QED) is 0.0605. The zero-order valence-corrected chi connectivity index (χ0v) is 25.1. The summed E-state index contributed by atoms with van der Waals surface area (Å²) in [5.41, 5.74) is 19.7. The van der Waals surface area contributed by atoms with E-state index in [0.29, 0.717) is 51.0 Å². The number of nitrogens with one attached hydrogen (secondary N) is 2. The number of rotatable bonds is 20. The van der Waals surface area contributed by atoms with E-state index in [0.717, 1.165) is 44.3 Å². The third-order valence-corrected chi connectivity index (χ3v) is 6.36. The first-order valence-electron chi connectivity index (χ1n) is 12.8. The van der Waals surface area contributed by atoms with E-state index in [-0.39, 0.29) is 44.5 Å². The van der Waals surface area contributed by atoms with Crippen LogP contribution < -0.4 is 27.3 Å². The number of unbranched alkanes of at least 4 members (excludes halogenated alkanes) is 3. The Kier molecular flexibility index (Phi) is 23.0. The molecule has 2 atom stereocenters. The molecule has 1 aromatic carbocycles. The monoisotopic (exact) mass is 575 g/mol. The molecule has 0 aromatic heterocycles. The number of thiol groups is 1. The van der Waals surface area contributed by atoms with Crippen LogP contribution in [0, 0.1) is 5.41 Å². The standard InChI is InChI=1S/C26H45N5O3S.2H2S/c1-2-19-17-21(14-13-20(19)18-35)34-16-8-11-24(32)22(27)9-6-7-15-31-26(33)23(28)10-4-3-5-12-25(29)30;;/h13-14,17,22-23,35H,2-12,15-16,18,27-28H2,1H3,(H3,29,30)(H,31,33);2*1H2/t22-,23-;;/m0../s1. The first-order chi connectivity index (χ1) is 16.8. The highest BCUT2D eigenvalue weighted by Crippen LogP contribution is 2.20. The van der Waals surface area contributed by atoms with Gasteiger partial charge in [0, 0.05) is 25.1 Å². The van der Waals surface area contributed by atoms with Crippen LogP contribution in [-0.4, -0.2) is 42.8 Å². The second kappa shape index (κ2) is 22.6. The lowest BCUT2D eigenvalue weighted by molar-refractivity contribution is -0.122. The molecular formula is C26H49N5O3S3. The smallest absolute Gasteiger partial charge is 0.236 e. The predicted molar refractivity (Wildman–Crippen MR) is 167 cm³/mol. The Morgan fingerprint density at radius 1 is 0.973 bits per heavy atom. The fourth-order valence-electron chi connectivity index (χ4n) is 3.78. The molecule has 1 rings (SSSR count). The molecule has 0 heterocycles. The molecule has 0 aliphatic carbocycles. The highest BCUT2D eigenvalue weighted by atomic mass is 32.1. The van der Waals surface area contributed by atoms with Crippen molar-refractivity contribution in [1.29, 1.82) is 5.41 Å². The Hall–Kier alpha value is -1.40. The van der Waals surface area contributed by atoms with Gasteiger partial charge in [0.25, 0.3) is 0 Å². The summed E-state index contributed by atoms with van der Waals surface area (Å²) in [7, 11) is 0. The van der Waals surface area contributed by atoms with Crippen molar-refractivity contribution >= 4 is 57.1 Å². The van der Waals surface area contributed by atoms with Crippen molar-refractivity contribution in [3.63, 3.8) is 0 Å². The van der Waals surface area contributed by atoms with Gasteiger partial charge in [-0.05, 0) is 68.2 Å². The minimum absolute atomic E-state index is 0. The van der Waals surface area contributed by atoms with Gasteiger partial charge in [-0.15, -0.1) is 0 Å². The normalized spacial score (nSPS) is 12.0. The third kappa shape index (κ3) is 16.9. The molecule has 1 aromatic rings. The van der Waals surface area contributed by atoms with Gasteiger partial charge in [-0.1, -0.05) is 25.8 Å². The molecule has 1 amide bonds. The second-order valence-electron chi connectivity index (χ2n) is 8.98. The van der Waals surface area contributed by atoms with E-state index in [9.17, 15) is 9.59 Å². The second-order valence-corrected chi connectivity index (χ2v) is 9.30. The summed E-state index contributed by atoms with van der Waals surface area (Å²) in [6.45, 7) is 3.11. The van der Waals surface area contributed by atoms with Crippen molar-refractivity contribution in [3.8, 4) is 5.75 Å². The largest absolute Gasteiger partial charge is 0.494 e. The number of carbonyl (C=O) groups is 2.